The van der Waals surface area contributed by atoms with Crippen molar-refractivity contribution in [3.8, 4) is 80.5 Å². The Balaban J connectivity index is 1.12. The number of rotatable bonds is 5. The SMILES string of the molecule is Cc1c(O)cc([C@H]2Oc3cc(O)cc(O)c3C[C@H]2O)c2cc(C(=O)O[C@@H]3Cc4c(O)cc(O)cc4O[C@@H]3c3cc(O)c(=O)c4c(O)c(O)cc([C@@H]5Oc6cc(O)cc(O)c6C[C@@H]5O)c4c3)cc(O)c(=O)c12. The number of ether oxygens (including phenoxy) is 4. The first-order chi connectivity index (χ1) is 33.7. The smallest absolute Gasteiger partial charge is 0.338 e. The second-order valence-corrected chi connectivity index (χ2v) is 17.6. The first-order valence-corrected chi connectivity index (χ1v) is 21.7. The topological polar surface area (TPSA) is 351 Å². The number of aromatic hydroxyl groups is 11. The monoisotopic (exact) mass is 972 g/mol. The quantitative estimate of drug-likeness (QED) is 0.0816. The van der Waals surface area contributed by atoms with Crippen LogP contribution in [0.3, 0.4) is 0 Å². The molecule has 7 aromatic rings. The summed E-state index contributed by atoms with van der Waals surface area (Å²) in [4.78, 5) is 42.5. The Kier molecular flexibility index (Phi) is 10.7. The lowest BCUT2D eigenvalue weighted by molar-refractivity contribution is -0.0188. The lowest BCUT2D eigenvalue weighted by Crippen LogP contribution is -2.34. The summed E-state index contributed by atoms with van der Waals surface area (Å²) in [6, 6.07) is 12.7. The highest BCUT2D eigenvalue weighted by Gasteiger charge is 2.40. The van der Waals surface area contributed by atoms with Gasteiger partial charge in [0.2, 0.25) is 10.9 Å². The Morgan fingerprint density at radius 2 is 0.944 bits per heavy atom. The van der Waals surface area contributed by atoms with Gasteiger partial charge in [0.25, 0.3) is 0 Å². The number of aryl methyl sites for hydroxylation is 1. The number of phenols is 9. The van der Waals surface area contributed by atoms with Gasteiger partial charge in [-0.1, -0.05) is 0 Å². The molecule has 3 aliphatic heterocycles. The predicted molar refractivity (Wildman–Crippen MR) is 245 cm³/mol. The van der Waals surface area contributed by atoms with Gasteiger partial charge in [-0.2, -0.15) is 0 Å². The standard InChI is InChI=1S/C51H40O20/c1-17-30(55)12-25(49-37(62)14-27-31(56)6-20(52)9-39(27)69-49)23-3-19(5-35(60)45(64)43(17)23)51(67)71-42-16-29-33(58)8-22(54)11-41(29)68-48(42)18-2-24-26(13-36(61)47(66)44(24)46(65)34(59)4-18)50-38(63)15-28-32(57)7-21(53)10-40(28)70-50/h2-13,37-38,42,48-50,52-58,61-63,66H,14-16H2,1H3,(H,59,65)(H,60,64)/t37-,38+,42-,48-,49-,50+/m1/s1. The van der Waals surface area contributed by atoms with Gasteiger partial charge in [-0.25, -0.2) is 4.79 Å². The molecule has 0 aliphatic carbocycles. The molecule has 13 N–H and O–H groups in total. The number of carbonyl (C=O) groups is 1. The molecule has 3 aliphatic rings. The molecule has 364 valence electrons. The molecular formula is C51H40O20. The molecule has 0 bridgehead atoms. The van der Waals surface area contributed by atoms with Crippen molar-refractivity contribution in [2.45, 2.75) is 62.8 Å². The minimum atomic E-state index is -1.62. The summed E-state index contributed by atoms with van der Waals surface area (Å²) < 4.78 is 24.5. The number of phenolic OH excluding ortho intramolecular Hbond substituents is 9. The van der Waals surface area contributed by atoms with E-state index in [9.17, 15) is 80.8 Å². The van der Waals surface area contributed by atoms with Crippen LogP contribution >= 0.6 is 0 Å². The fraction of sp³-hybridized carbons (Fsp3) is 0.196. The average Bonchev–Trinajstić information content (AvgIpc) is 3.52. The van der Waals surface area contributed by atoms with Gasteiger partial charge in [-0.15, -0.1) is 0 Å². The molecule has 20 heteroatoms. The summed E-state index contributed by atoms with van der Waals surface area (Å²) in [6.07, 6.45) is -9.96. The van der Waals surface area contributed by atoms with E-state index in [0.717, 1.165) is 54.6 Å². The number of benzene rings is 5. The Bertz CT molecular complexity index is 3590. The molecule has 3 heterocycles. The normalized spacial score (nSPS) is 20.2. The molecule has 0 unspecified atom stereocenters. The molecule has 10 rings (SSSR count). The van der Waals surface area contributed by atoms with Gasteiger partial charge < -0.3 is 85.3 Å². The Labute approximate surface area is 397 Å². The van der Waals surface area contributed by atoms with Crippen molar-refractivity contribution in [1.82, 2.24) is 0 Å². The average molecular weight is 973 g/mol. The summed E-state index contributed by atoms with van der Waals surface area (Å²) in [6.45, 7) is 1.37. The molecule has 7 aromatic carbocycles. The largest absolute Gasteiger partial charge is 0.508 e. The third-order valence-corrected chi connectivity index (χ3v) is 13.1. The van der Waals surface area contributed by atoms with Gasteiger partial charge in [0.05, 0.1) is 23.2 Å². The summed E-state index contributed by atoms with van der Waals surface area (Å²) in [5.41, 5.74) is -2.97. The minimum absolute atomic E-state index is 0.00541. The van der Waals surface area contributed by atoms with Gasteiger partial charge in [-0.05, 0) is 54.1 Å². The zero-order valence-corrected chi connectivity index (χ0v) is 36.7. The minimum Gasteiger partial charge on any atom is -0.508 e. The van der Waals surface area contributed by atoms with Crippen molar-refractivity contribution < 1.29 is 90.1 Å². The maximum absolute atomic E-state index is 14.6. The Hall–Kier alpha value is -9.01. The van der Waals surface area contributed by atoms with Crippen molar-refractivity contribution in [2.75, 3.05) is 0 Å². The molecular weight excluding hydrogens is 933 g/mol. The number of fused-ring (bicyclic) bond motifs is 5. The number of aliphatic hydroxyl groups is 2. The van der Waals surface area contributed by atoms with E-state index in [1.807, 2.05) is 0 Å². The number of aliphatic hydroxyl groups excluding tert-OH is 2. The highest BCUT2D eigenvalue weighted by molar-refractivity contribution is 5.98. The van der Waals surface area contributed by atoms with Crippen LogP contribution in [0.5, 0.6) is 80.5 Å². The van der Waals surface area contributed by atoms with E-state index >= 15 is 0 Å². The van der Waals surface area contributed by atoms with Crippen molar-refractivity contribution in [3.63, 3.8) is 0 Å². The lowest BCUT2D eigenvalue weighted by atomic mass is 9.90. The Morgan fingerprint density at radius 3 is 1.48 bits per heavy atom. The van der Waals surface area contributed by atoms with Crippen molar-refractivity contribution in [2.24, 2.45) is 0 Å². The molecule has 20 nitrogen and oxygen atoms in total. The number of esters is 1. The fourth-order valence-corrected chi connectivity index (χ4v) is 9.68. The van der Waals surface area contributed by atoms with Crippen molar-refractivity contribution >= 4 is 27.5 Å². The molecule has 0 radical (unpaired) electrons. The third-order valence-electron chi connectivity index (χ3n) is 13.1. The van der Waals surface area contributed by atoms with E-state index in [1.165, 1.54) is 25.1 Å². The van der Waals surface area contributed by atoms with Crippen LogP contribution in [-0.4, -0.2) is 90.7 Å². The summed E-state index contributed by atoms with van der Waals surface area (Å²) in [5, 5.41) is 140. The van der Waals surface area contributed by atoms with Crippen LogP contribution in [0.2, 0.25) is 0 Å². The van der Waals surface area contributed by atoms with Crippen LogP contribution in [0.15, 0.2) is 82.4 Å². The highest BCUT2D eigenvalue weighted by Crippen LogP contribution is 2.49. The summed E-state index contributed by atoms with van der Waals surface area (Å²) in [5.74, 6) is -8.37. The first kappa shape index (κ1) is 45.8. The molecule has 6 atom stereocenters. The van der Waals surface area contributed by atoms with Crippen LogP contribution in [0, 0.1) is 6.92 Å². The summed E-state index contributed by atoms with van der Waals surface area (Å²) in [7, 11) is 0. The molecule has 71 heavy (non-hydrogen) atoms. The number of hydrogen-bond acceptors (Lipinski definition) is 20. The van der Waals surface area contributed by atoms with E-state index in [-0.39, 0.29) is 96.7 Å². The van der Waals surface area contributed by atoms with E-state index in [0.29, 0.717) is 0 Å². The van der Waals surface area contributed by atoms with E-state index in [1.54, 1.807) is 0 Å². The van der Waals surface area contributed by atoms with Crippen LogP contribution in [0.1, 0.15) is 67.6 Å². The summed E-state index contributed by atoms with van der Waals surface area (Å²) >= 11 is 0. The van der Waals surface area contributed by atoms with E-state index in [2.05, 4.69) is 0 Å². The molecule has 0 spiro atoms. The van der Waals surface area contributed by atoms with Gasteiger partial charge in [0, 0.05) is 100.0 Å². The second-order valence-electron chi connectivity index (χ2n) is 17.6. The lowest BCUT2D eigenvalue weighted by Gasteiger charge is -2.34. The second kappa shape index (κ2) is 16.6. The fourth-order valence-electron chi connectivity index (χ4n) is 9.68. The van der Waals surface area contributed by atoms with Gasteiger partial charge in [0.1, 0.15) is 63.6 Å². The zero-order valence-electron chi connectivity index (χ0n) is 36.7. The van der Waals surface area contributed by atoms with Crippen LogP contribution in [0.4, 0.5) is 0 Å². The van der Waals surface area contributed by atoms with Gasteiger partial charge >= 0.3 is 5.97 Å². The molecule has 0 amide bonds. The molecule has 0 saturated heterocycles. The van der Waals surface area contributed by atoms with Crippen molar-refractivity contribution in [1.29, 1.82) is 0 Å². The van der Waals surface area contributed by atoms with Crippen LogP contribution in [0.25, 0.3) is 21.5 Å². The highest BCUT2D eigenvalue weighted by atomic mass is 16.6. The maximum atomic E-state index is 14.6. The predicted octanol–water partition coefficient (Wildman–Crippen LogP) is 4.76. The van der Waals surface area contributed by atoms with Crippen molar-refractivity contribution in [3.05, 3.63) is 138 Å². The van der Waals surface area contributed by atoms with Gasteiger partial charge in [0.15, 0.2) is 41.3 Å². The number of carbonyl (C=O) groups excluding carboxylic acids is 1. The molecule has 0 saturated carbocycles. The Morgan fingerprint density at radius 1 is 0.493 bits per heavy atom. The first-order valence-electron chi connectivity index (χ1n) is 21.7. The zero-order chi connectivity index (χ0) is 50.6. The van der Waals surface area contributed by atoms with E-state index < -0.39 is 123 Å². The van der Waals surface area contributed by atoms with Gasteiger partial charge in [-0.3, -0.25) is 9.59 Å². The molecule has 0 aromatic heterocycles. The third kappa shape index (κ3) is 7.61. The number of hydrogen-bond donors (Lipinski definition) is 13. The van der Waals surface area contributed by atoms with Crippen LogP contribution in [-0.2, 0) is 24.0 Å². The maximum Gasteiger partial charge on any atom is 0.338 e. The van der Waals surface area contributed by atoms with Crippen LogP contribution < -0.4 is 25.1 Å². The van der Waals surface area contributed by atoms with E-state index in [4.69, 9.17) is 18.9 Å². The molecule has 0 fully saturated rings.